The molecule has 80 valence electrons. The Kier molecular flexibility index (Phi) is 3.82. The molecule has 0 heterocycles. The molecule has 0 saturated heterocycles. The number of para-hydroxylation sites is 1. The van der Waals surface area contributed by atoms with Gasteiger partial charge >= 0.3 is 0 Å². The van der Waals surface area contributed by atoms with Crippen molar-refractivity contribution in [3.8, 4) is 0 Å². The van der Waals surface area contributed by atoms with Gasteiger partial charge in [-0.05, 0) is 12.1 Å². The third-order valence-corrected chi connectivity index (χ3v) is 1.77. The van der Waals surface area contributed by atoms with E-state index in [1.807, 2.05) is 6.07 Å². The molecule has 0 aliphatic heterocycles. The van der Waals surface area contributed by atoms with Gasteiger partial charge in [-0.25, -0.2) is 0 Å². The molecular formula is C10H11N2O3-. The minimum absolute atomic E-state index is 0.294. The number of hydrogen-bond acceptors (Lipinski definition) is 4. The molecule has 0 saturated carbocycles. The summed E-state index contributed by atoms with van der Waals surface area (Å²) in [5.74, 6) is -1.88. The lowest BCUT2D eigenvalue weighted by Gasteiger charge is -2.12. The number of hydrogen-bond donors (Lipinski definition) is 2. The van der Waals surface area contributed by atoms with Crippen LogP contribution in [0.25, 0.3) is 0 Å². The van der Waals surface area contributed by atoms with Gasteiger partial charge in [-0.3, -0.25) is 4.79 Å². The highest BCUT2D eigenvalue weighted by Gasteiger charge is 2.09. The molecule has 1 amide bonds. The quantitative estimate of drug-likeness (QED) is 0.668. The molecule has 1 unspecified atom stereocenters. The number of carboxylic acids is 1. The molecule has 0 fully saturated rings. The number of carbonyl (C=O) groups is 2. The summed E-state index contributed by atoms with van der Waals surface area (Å²) in [5, 5.41) is 12.8. The standard InChI is InChI=1S/C10H12N2O3/c11-8(10(14)15)6-9(13)12-7-4-2-1-3-5-7/h1-5,8H,6,11H2,(H,12,13)(H,14,15)/p-1. The number of anilines is 1. The normalized spacial score (nSPS) is 11.8. The second-order valence-corrected chi connectivity index (χ2v) is 3.04. The Morgan fingerprint density at radius 1 is 1.33 bits per heavy atom. The minimum Gasteiger partial charge on any atom is -0.548 e. The van der Waals surface area contributed by atoms with Crippen molar-refractivity contribution >= 4 is 17.6 Å². The summed E-state index contributed by atoms with van der Waals surface area (Å²) in [4.78, 5) is 21.5. The van der Waals surface area contributed by atoms with E-state index in [2.05, 4.69) is 5.32 Å². The summed E-state index contributed by atoms with van der Waals surface area (Å²) in [6, 6.07) is 7.45. The second kappa shape index (κ2) is 5.11. The lowest BCUT2D eigenvalue weighted by atomic mass is 10.2. The summed E-state index contributed by atoms with van der Waals surface area (Å²) < 4.78 is 0. The van der Waals surface area contributed by atoms with E-state index < -0.39 is 17.9 Å². The Bertz CT molecular complexity index is 351. The van der Waals surface area contributed by atoms with Gasteiger partial charge in [0, 0.05) is 12.1 Å². The maximum absolute atomic E-state index is 11.2. The molecule has 0 aliphatic carbocycles. The fourth-order valence-corrected chi connectivity index (χ4v) is 1.02. The van der Waals surface area contributed by atoms with Crippen LogP contribution in [0.2, 0.25) is 0 Å². The fourth-order valence-electron chi connectivity index (χ4n) is 1.02. The van der Waals surface area contributed by atoms with Gasteiger partial charge in [0.25, 0.3) is 0 Å². The number of rotatable bonds is 4. The van der Waals surface area contributed by atoms with Crippen molar-refractivity contribution in [2.24, 2.45) is 5.73 Å². The Labute approximate surface area is 86.9 Å². The van der Waals surface area contributed by atoms with Crippen molar-refractivity contribution in [2.75, 3.05) is 5.32 Å². The molecule has 0 spiro atoms. The van der Waals surface area contributed by atoms with E-state index >= 15 is 0 Å². The number of carbonyl (C=O) groups excluding carboxylic acids is 2. The molecule has 1 atom stereocenters. The summed E-state index contributed by atoms with van der Waals surface area (Å²) >= 11 is 0. The predicted molar refractivity (Wildman–Crippen MR) is 52.7 cm³/mol. The van der Waals surface area contributed by atoms with E-state index in [1.165, 1.54) is 0 Å². The van der Waals surface area contributed by atoms with Crippen LogP contribution < -0.4 is 16.2 Å². The number of nitrogens with two attached hydrogens (primary N) is 1. The lowest BCUT2D eigenvalue weighted by molar-refractivity contribution is -0.307. The molecule has 5 heteroatoms. The Hall–Kier alpha value is -1.88. The summed E-state index contributed by atoms with van der Waals surface area (Å²) in [6.45, 7) is 0. The Balaban J connectivity index is 2.47. The number of aliphatic carboxylic acids is 1. The molecule has 1 aromatic carbocycles. The zero-order valence-corrected chi connectivity index (χ0v) is 7.97. The van der Waals surface area contributed by atoms with Gasteiger partial charge in [-0.15, -0.1) is 0 Å². The largest absolute Gasteiger partial charge is 0.548 e. The first-order valence-corrected chi connectivity index (χ1v) is 4.41. The topological polar surface area (TPSA) is 95.2 Å². The van der Waals surface area contributed by atoms with Crippen LogP contribution >= 0.6 is 0 Å². The van der Waals surface area contributed by atoms with Crippen LogP contribution in [0, 0.1) is 0 Å². The number of carboxylic acid groups (broad SMARTS) is 1. The Morgan fingerprint density at radius 3 is 2.47 bits per heavy atom. The Morgan fingerprint density at radius 2 is 1.93 bits per heavy atom. The summed E-state index contributed by atoms with van der Waals surface area (Å²) in [6.07, 6.45) is -0.294. The molecule has 0 bridgehead atoms. The lowest BCUT2D eigenvalue weighted by Crippen LogP contribution is -2.43. The zero-order valence-electron chi connectivity index (χ0n) is 7.97. The van der Waals surface area contributed by atoms with Crippen LogP contribution in [0.3, 0.4) is 0 Å². The van der Waals surface area contributed by atoms with E-state index in [1.54, 1.807) is 24.3 Å². The van der Waals surface area contributed by atoms with Crippen molar-refractivity contribution < 1.29 is 14.7 Å². The van der Waals surface area contributed by atoms with Gasteiger partial charge in [-0.2, -0.15) is 0 Å². The van der Waals surface area contributed by atoms with Gasteiger partial charge in [0.15, 0.2) is 0 Å². The molecular weight excluding hydrogens is 196 g/mol. The van der Waals surface area contributed by atoms with Crippen molar-refractivity contribution in [3.63, 3.8) is 0 Å². The van der Waals surface area contributed by atoms with Crippen LogP contribution in [0.5, 0.6) is 0 Å². The maximum atomic E-state index is 11.2. The molecule has 3 N–H and O–H groups in total. The third-order valence-electron chi connectivity index (χ3n) is 1.77. The van der Waals surface area contributed by atoms with E-state index in [4.69, 9.17) is 5.73 Å². The van der Waals surface area contributed by atoms with Crippen molar-refractivity contribution in [3.05, 3.63) is 30.3 Å². The monoisotopic (exact) mass is 207 g/mol. The van der Waals surface area contributed by atoms with E-state index in [9.17, 15) is 14.7 Å². The summed E-state index contributed by atoms with van der Waals surface area (Å²) in [5.41, 5.74) is 5.75. The summed E-state index contributed by atoms with van der Waals surface area (Å²) in [7, 11) is 0. The minimum atomic E-state index is -1.43. The van der Waals surface area contributed by atoms with Gasteiger partial charge in [0.05, 0.1) is 12.0 Å². The first-order valence-electron chi connectivity index (χ1n) is 4.41. The van der Waals surface area contributed by atoms with Gasteiger partial charge in [0.1, 0.15) is 0 Å². The highest BCUT2D eigenvalue weighted by Crippen LogP contribution is 2.05. The average molecular weight is 207 g/mol. The first-order chi connectivity index (χ1) is 7.09. The average Bonchev–Trinajstić information content (AvgIpc) is 2.18. The second-order valence-electron chi connectivity index (χ2n) is 3.04. The van der Waals surface area contributed by atoms with Crippen LogP contribution in [-0.4, -0.2) is 17.9 Å². The van der Waals surface area contributed by atoms with Crippen molar-refractivity contribution in [2.45, 2.75) is 12.5 Å². The molecule has 5 nitrogen and oxygen atoms in total. The molecule has 0 aromatic heterocycles. The van der Waals surface area contributed by atoms with E-state index in [0.717, 1.165) is 0 Å². The highest BCUT2D eigenvalue weighted by atomic mass is 16.4. The molecule has 1 rings (SSSR count). The van der Waals surface area contributed by atoms with Crippen LogP contribution in [0.1, 0.15) is 6.42 Å². The number of benzene rings is 1. The maximum Gasteiger partial charge on any atom is 0.226 e. The third kappa shape index (κ3) is 3.78. The molecule has 15 heavy (non-hydrogen) atoms. The predicted octanol–water partition coefficient (Wildman–Crippen LogP) is -0.908. The fraction of sp³-hybridized carbons (Fsp3) is 0.200. The smallest absolute Gasteiger partial charge is 0.226 e. The first kappa shape index (κ1) is 11.2. The molecule has 1 aromatic rings. The number of amides is 1. The van der Waals surface area contributed by atoms with Gasteiger partial charge in [-0.1, -0.05) is 18.2 Å². The molecule has 0 aliphatic rings. The van der Waals surface area contributed by atoms with Gasteiger partial charge in [0.2, 0.25) is 5.91 Å². The van der Waals surface area contributed by atoms with Crippen LogP contribution in [0.15, 0.2) is 30.3 Å². The van der Waals surface area contributed by atoms with Crippen LogP contribution in [0.4, 0.5) is 5.69 Å². The molecule has 0 radical (unpaired) electrons. The van der Waals surface area contributed by atoms with E-state index in [0.29, 0.717) is 5.69 Å². The van der Waals surface area contributed by atoms with Gasteiger partial charge < -0.3 is 21.0 Å². The number of nitrogens with one attached hydrogen (secondary N) is 1. The van der Waals surface area contributed by atoms with Crippen molar-refractivity contribution in [1.82, 2.24) is 0 Å². The SMILES string of the molecule is NC(CC(=O)Nc1ccccc1)C(=O)[O-]. The zero-order chi connectivity index (χ0) is 11.3. The van der Waals surface area contributed by atoms with E-state index in [-0.39, 0.29) is 6.42 Å². The van der Waals surface area contributed by atoms with Crippen LogP contribution in [-0.2, 0) is 9.59 Å². The van der Waals surface area contributed by atoms with Crippen molar-refractivity contribution in [1.29, 1.82) is 0 Å². The highest BCUT2D eigenvalue weighted by molar-refractivity contribution is 5.93.